The fraction of sp³-hybridized carbons (Fsp3) is 0.476. The Labute approximate surface area is 183 Å². The molecule has 158 valence electrons. The Hall–Kier alpha value is -2.09. The zero-order valence-corrected chi connectivity index (χ0v) is 17.5. The van der Waals surface area contributed by atoms with Crippen LogP contribution in [0, 0.1) is 17.3 Å². The number of halogens is 2. The standard InChI is InChI=1S/C21H20Cl2N2O5/c1-2-5-30-18(28)15-14(17(26)27)13-8-20(3-4-20)9-25(13)21(15)11-6-10(22)7-12(23)16(11)24-19(21)29/h2,6-7,13-15H,1,3-5,8-9H2,(H,24,29)(H,26,27)/t13-,14-,15+,21?/m0/s1. The van der Waals surface area contributed by atoms with Gasteiger partial charge in [0.05, 0.1) is 16.6 Å². The Balaban J connectivity index is 1.75. The Morgan fingerprint density at radius 3 is 2.73 bits per heavy atom. The number of carboxylic acids is 1. The van der Waals surface area contributed by atoms with E-state index in [1.54, 1.807) is 6.07 Å². The predicted octanol–water partition coefficient (Wildman–Crippen LogP) is 3.06. The monoisotopic (exact) mass is 450 g/mol. The Morgan fingerprint density at radius 1 is 1.37 bits per heavy atom. The number of carbonyl (C=O) groups is 3. The van der Waals surface area contributed by atoms with E-state index in [9.17, 15) is 19.5 Å². The predicted molar refractivity (Wildman–Crippen MR) is 109 cm³/mol. The molecule has 2 N–H and O–H groups in total. The number of nitrogens with one attached hydrogen (secondary N) is 1. The number of carbonyl (C=O) groups excluding carboxylic acids is 2. The Bertz CT molecular complexity index is 1010. The van der Waals surface area contributed by atoms with Crippen LogP contribution in [0.2, 0.25) is 10.0 Å². The van der Waals surface area contributed by atoms with Crippen LogP contribution in [0.15, 0.2) is 24.8 Å². The van der Waals surface area contributed by atoms with E-state index >= 15 is 0 Å². The van der Waals surface area contributed by atoms with Crippen LogP contribution in [0.5, 0.6) is 0 Å². The summed E-state index contributed by atoms with van der Waals surface area (Å²) in [6.45, 7) is 4.02. The lowest BCUT2D eigenvalue weighted by molar-refractivity contribution is -0.160. The third-order valence-electron chi connectivity index (χ3n) is 7.11. The molecule has 5 rings (SSSR count). The smallest absolute Gasteiger partial charge is 0.313 e. The number of esters is 1. The molecule has 1 aliphatic carbocycles. The number of aliphatic carboxylic acids is 1. The number of benzene rings is 1. The van der Waals surface area contributed by atoms with Crippen LogP contribution in [0.3, 0.4) is 0 Å². The van der Waals surface area contributed by atoms with Crippen molar-refractivity contribution in [3.05, 3.63) is 40.4 Å². The molecule has 3 aliphatic heterocycles. The third kappa shape index (κ3) is 2.46. The van der Waals surface area contributed by atoms with Crippen molar-refractivity contribution >= 4 is 46.7 Å². The topological polar surface area (TPSA) is 95.9 Å². The van der Waals surface area contributed by atoms with Gasteiger partial charge in [0.2, 0.25) is 0 Å². The highest BCUT2D eigenvalue weighted by Gasteiger charge is 2.75. The Morgan fingerprint density at radius 2 is 2.10 bits per heavy atom. The van der Waals surface area contributed by atoms with E-state index < -0.39 is 41.3 Å². The lowest BCUT2D eigenvalue weighted by Gasteiger charge is -2.36. The summed E-state index contributed by atoms with van der Waals surface area (Å²) >= 11 is 12.6. The van der Waals surface area contributed by atoms with Gasteiger partial charge in [0.1, 0.15) is 18.1 Å². The minimum atomic E-state index is -1.53. The fourth-order valence-electron chi connectivity index (χ4n) is 5.79. The minimum Gasteiger partial charge on any atom is -0.481 e. The number of hydrogen-bond acceptors (Lipinski definition) is 5. The van der Waals surface area contributed by atoms with Gasteiger partial charge in [-0.05, 0) is 36.8 Å². The number of hydrogen-bond donors (Lipinski definition) is 2. The maximum Gasteiger partial charge on any atom is 0.313 e. The molecule has 2 spiro atoms. The van der Waals surface area contributed by atoms with Crippen molar-refractivity contribution in [2.75, 3.05) is 18.5 Å². The van der Waals surface area contributed by atoms with E-state index in [0.29, 0.717) is 29.2 Å². The molecular formula is C21H20Cl2N2O5. The molecule has 1 aromatic carbocycles. The van der Waals surface area contributed by atoms with Crippen LogP contribution in [-0.2, 0) is 24.7 Å². The van der Waals surface area contributed by atoms with Gasteiger partial charge in [-0.15, -0.1) is 0 Å². The van der Waals surface area contributed by atoms with E-state index in [1.807, 2.05) is 4.90 Å². The van der Waals surface area contributed by atoms with Crippen LogP contribution in [0.4, 0.5) is 5.69 Å². The molecule has 1 saturated carbocycles. The second-order valence-corrected chi connectivity index (χ2v) is 9.53. The summed E-state index contributed by atoms with van der Waals surface area (Å²) in [5, 5.41) is 13.5. The van der Waals surface area contributed by atoms with Crippen molar-refractivity contribution < 1.29 is 24.2 Å². The van der Waals surface area contributed by atoms with Crippen LogP contribution in [-0.4, -0.2) is 47.0 Å². The van der Waals surface area contributed by atoms with Gasteiger partial charge in [-0.25, -0.2) is 0 Å². The first kappa shape index (κ1) is 19.8. The van der Waals surface area contributed by atoms with Crippen molar-refractivity contribution in [1.82, 2.24) is 4.90 Å². The number of anilines is 1. The van der Waals surface area contributed by atoms with Gasteiger partial charge in [-0.1, -0.05) is 35.9 Å². The molecule has 1 unspecified atom stereocenters. The summed E-state index contributed by atoms with van der Waals surface area (Å²) in [4.78, 5) is 41.1. The van der Waals surface area contributed by atoms with Gasteiger partial charge in [0.25, 0.3) is 5.91 Å². The molecule has 7 nitrogen and oxygen atoms in total. The van der Waals surface area contributed by atoms with Crippen molar-refractivity contribution in [3.63, 3.8) is 0 Å². The number of fused-ring (bicyclic) bond motifs is 4. The maximum absolute atomic E-state index is 13.6. The van der Waals surface area contributed by atoms with Crippen molar-refractivity contribution in [2.24, 2.45) is 17.3 Å². The van der Waals surface area contributed by atoms with Crippen molar-refractivity contribution in [2.45, 2.75) is 30.8 Å². The summed E-state index contributed by atoms with van der Waals surface area (Å²) in [5.41, 5.74) is -0.708. The number of rotatable bonds is 4. The molecule has 0 aromatic heterocycles. The van der Waals surface area contributed by atoms with Crippen LogP contribution in [0.25, 0.3) is 0 Å². The van der Waals surface area contributed by atoms with Gasteiger partial charge >= 0.3 is 11.9 Å². The summed E-state index contributed by atoms with van der Waals surface area (Å²) < 4.78 is 5.31. The van der Waals surface area contributed by atoms with E-state index in [-0.39, 0.29) is 17.0 Å². The first-order valence-corrected chi connectivity index (χ1v) is 10.6. The largest absolute Gasteiger partial charge is 0.481 e. The Kier molecular flexibility index (Phi) is 4.27. The average Bonchev–Trinajstić information content (AvgIpc) is 3.11. The highest BCUT2D eigenvalue weighted by molar-refractivity contribution is 6.38. The quantitative estimate of drug-likeness (QED) is 0.540. The first-order chi connectivity index (χ1) is 14.2. The molecule has 4 atom stereocenters. The molecular weight excluding hydrogens is 431 g/mol. The second kappa shape index (κ2) is 6.45. The molecule has 2 saturated heterocycles. The molecule has 30 heavy (non-hydrogen) atoms. The normalized spacial score (nSPS) is 32.7. The molecule has 1 amide bonds. The van der Waals surface area contributed by atoms with E-state index in [4.69, 9.17) is 27.9 Å². The van der Waals surface area contributed by atoms with Crippen LogP contribution < -0.4 is 5.32 Å². The number of carboxylic acid groups (broad SMARTS) is 1. The fourth-order valence-corrected chi connectivity index (χ4v) is 6.33. The first-order valence-electron chi connectivity index (χ1n) is 9.83. The molecule has 1 aromatic rings. The number of nitrogens with zero attached hydrogens (tertiary/aromatic N) is 1. The van der Waals surface area contributed by atoms with Crippen LogP contribution in [0.1, 0.15) is 24.8 Å². The third-order valence-corrected chi connectivity index (χ3v) is 7.63. The lowest BCUT2D eigenvalue weighted by atomic mass is 9.73. The number of amides is 1. The second-order valence-electron chi connectivity index (χ2n) is 8.69. The summed E-state index contributed by atoms with van der Waals surface area (Å²) in [6.07, 6.45) is 4.01. The van der Waals surface area contributed by atoms with E-state index in [0.717, 1.165) is 12.8 Å². The van der Waals surface area contributed by atoms with Gasteiger partial charge in [0.15, 0.2) is 0 Å². The molecule has 9 heteroatoms. The van der Waals surface area contributed by atoms with Gasteiger partial charge < -0.3 is 15.2 Å². The number of ether oxygens (including phenoxy) is 1. The minimum absolute atomic E-state index is 0.00671. The highest BCUT2D eigenvalue weighted by atomic mass is 35.5. The van der Waals surface area contributed by atoms with E-state index in [2.05, 4.69) is 11.9 Å². The lowest BCUT2D eigenvalue weighted by Crippen LogP contribution is -2.54. The van der Waals surface area contributed by atoms with Gasteiger partial charge in [0, 0.05) is 23.2 Å². The van der Waals surface area contributed by atoms with Crippen molar-refractivity contribution in [3.8, 4) is 0 Å². The average molecular weight is 451 g/mol. The summed E-state index contributed by atoms with van der Waals surface area (Å²) in [5.74, 6) is -4.63. The van der Waals surface area contributed by atoms with Crippen LogP contribution >= 0.6 is 23.2 Å². The van der Waals surface area contributed by atoms with Gasteiger partial charge in [-0.3, -0.25) is 19.3 Å². The molecule has 3 heterocycles. The van der Waals surface area contributed by atoms with Crippen molar-refractivity contribution in [1.29, 1.82) is 0 Å². The molecule has 4 aliphatic rings. The molecule has 3 fully saturated rings. The summed E-state index contributed by atoms with van der Waals surface area (Å²) in [7, 11) is 0. The zero-order valence-electron chi connectivity index (χ0n) is 16.0. The summed E-state index contributed by atoms with van der Waals surface area (Å²) in [6, 6.07) is 2.66. The highest BCUT2D eigenvalue weighted by Crippen LogP contribution is 2.66. The maximum atomic E-state index is 13.6. The zero-order chi connectivity index (χ0) is 21.4. The SMILES string of the molecule is C=CCOC(=O)[C@H]1[C@@H](C(=O)O)[C@@H]2CC3(CC3)CN2C12C(=O)Nc1c(Cl)cc(Cl)cc12. The van der Waals surface area contributed by atoms with Gasteiger partial charge in [-0.2, -0.15) is 0 Å². The molecule has 0 radical (unpaired) electrons. The van der Waals surface area contributed by atoms with E-state index in [1.165, 1.54) is 12.1 Å². The molecule has 0 bridgehead atoms.